The lowest BCUT2D eigenvalue weighted by atomic mass is 10.2. The molecule has 0 spiro atoms. The molecule has 1 aromatic heterocycles. The van der Waals surface area contributed by atoms with Gasteiger partial charge in [-0.3, -0.25) is 0 Å². The minimum Gasteiger partial charge on any atom is -0.368 e. The average molecular weight is 242 g/mol. The molecule has 3 nitrogen and oxygen atoms in total. The molecule has 90 valence electrons. The number of pyridine rings is 1. The SMILES string of the molecule is CCCNCc1cc(NC(C)C)ncc1Cl. The number of hydrogen-bond acceptors (Lipinski definition) is 3. The van der Waals surface area contributed by atoms with Gasteiger partial charge < -0.3 is 10.6 Å². The van der Waals surface area contributed by atoms with Crippen molar-refractivity contribution in [2.75, 3.05) is 11.9 Å². The van der Waals surface area contributed by atoms with E-state index in [0.29, 0.717) is 6.04 Å². The maximum atomic E-state index is 6.08. The molecular weight excluding hydrogens is 222 g/mol. The summed E-state index contributed by atoms with van der Waals surface area (Å²) in [5.74, 6) is 0.882. The topological polar surface area (TPSA) is 37.0 Å². The molecule has 0 bridgehead atoms. The van der Waals surface area contributed by atoms with E-state index in [1.54, 1.807) is 6.20 Å². The minimum absolute atomic E-state index is 0.380. The Balaban J connectivity index is 2.66. The van der Waals surface area contributed by atoms with Gasteiger partial charge >= 0.3 is 0 Å². The summed E-state index contributed by atoms with van der Waals surface area (Å²) >= 11 is 6.08. The summed E-state index contributed by atoms with van der Waals surface area (Å²) in [7, 11) is 0. The molecule has 0 saturated heterocycles. The van der Waals surface area contributed by atoms with Gasteiger partial charge in [-0.15, -0.1) is 0 Å². The highest BCUT2D eigenvalue weighted by Crippen LogP contribution is 2.18. The number of halogens is 1. The molecular formula is C12H20ClN3. The second-order valence-electron chi connectivity index (χ2n) is 4.14. The Labute approximate surface area is 103 Å². The molecule has 2 N–H and O–H groups in total. The Kier molecular flexibility index (Phi) is 5.56. The van der Waals surface area contributed by atoms with Crippen molar-refractivity contribution in [3.05, 3.63) is 22.8 Å². The van der Waals surface area contributed by atoms with Crippen LogP contribution in [0.3, 0.4) is 0 Å². The van der Waals surface area contributed by atoms with Crippen LogP contribution < -0.4 is 10.6 Å². The Morgan fingerprint density at radius 2 is 2.19 bits per heavy atom. The molecule has 0 aliphatic heterocycles. The summed E-state index contributed by atoms with van der Waals surface area (Å²) < 4.78 is 0. The summed E-state index contributed by atoms with van der Waals surface area (Å²) in [4.78, 5) is 4.24. The molecule has 0 amide bonds. The van der Waals surface area contributed by atoms with E-state index in [-0.39, 0.29) is 0 Å². The quantitative estimate of drug-likeness (QED) is 0.752. The van der Waals surface area contributed by atoms with Gasteiger partial charge in [0.25, 0.3) is 0 Å². The van der Waals surface area contributed by atoms with Crippen LogP contribution in [0.5, 0.6) is 0 Å². The molecule has 4 heteroatoms. The van der Waals surface area contributed by atoms with Crippen LogP contribution in [0.2, 0.25) is 5.02 Å². The summed E-state index contributed by atoms with van der Waals surface area (Å²) in [5.41, 5.74) is 1.09. The van der Waals surface area contributed by atoms with Gasteiger partial charge in [0, 0.05) is 18.8 Å². The van der Waals surface area contributed by atoms with E-state index in [4.69, 9.17) is 11.6 Å². The molecule has 0 aliphatic rings. The molecule has 1 aromatic rings. The molecule has 0 unspecified atom stereocenters. The van der Waals surface area contributed by atoms with Gasteiger partial charge in [0.2, 0.25) is 0 Å². The first-order valence-electron chi connectivity index (χ1n) is 5.75. The van der Waals surface area contributed by atoms with Gasteiger partial charge in [-0.05, 0) is 38.4 Å². The van der Waals surface area contributed by atoms with E-state index in [0.717, 1.165) is 35.9 Å². The zero-order valence-corrected chi connectivity index (χ0v) is 10.9. The first-order chi connectivity index (χ1) is 7.63. The van der Waals surface area contributed by atoms with E-state index in [2.05, 4.69) is 36.4 Å². The Bertz CT molecular complexity index is 326. The third kappa shape index (κ3) is 4.37. The lowest BCUT2D eigenvalue weighted by molar-refractivity contribution is 0.675. The van der Waals surface area contributed by atoms with Crippen LogP contribution in [-0.2, 0) is 6.54 Å². The maximum absolute atomic E-state index is 6.08. The minimum atomic E-state index is 0.380. The largest absolute Gasteiger partial charge is 0.368 e. The van der Waals surface area contributed by atoms with Crippen LogP contribution in [0.15, 0.2) is 12.3 Å². The van der Waals surface area contributed by atoms with E-state index in [1.165, 1.54) is 0 Å². The van der Waals surface area contributed by atoms with Crippen molar-refractivity contribution in [3.8, 4) is 0 Å². The summed E-state index contributed by atoms with van der Waals surface area (Å²) in [6.45, 7) is 8.12. The molecule has 0 saturated carbocycles. The van der Waals surface area contributed by atoms with Crippen LogP contribution in [0.1, 0.15) is 32.8 Å². The highest BCUT2D eigenvalue weighted by Gasteiger charge is 2.03. The molecule has 1 heterocycles. The molecule has 0 aliphatic carbocycles. The third-order valence-electron chi connectivity index (χ3n) is 2.11. The van der Waals surface area contributed by atoms with E-state index >= 15 is 0 Å². The van der Waals surface area contributed by atoms with Crippen LogP contribution in [0.4, 0.5) is 5.82 Å². The normalized spacial score (nSPS) is 10.8. The van der Waals surface area contributed by atoms with Crippen molar-refractivity contribution in [1.82, 2.24) is 10.3 Å². The first kappa shape index (κ1) is 13.3. The fourth-order valence-electron chi connectivity index (χ4n) is 1.39. The van der Waals surface area contributed by atoms with Crippen molar-refractivity contribution < 1.29 is 0 Å². The van der Waals surface area contributed by atoms with E-state index in [9.17, 15) is 0 Å². The van der Waals surface area contributed by atoms with Gasteiger partial charge in [0.15, 0.2) is 0 Å². The van der Waals surface area contributed by atoms with Crippen molar-refractivity contribution in [2.45, 2.75) is 39.8 Å². The fourth-order valence-corrected chi connectivity index (χ4v) is 1.56. The molecule has 0 atom stereocenters. The number of nitrogens with one attached hydrogen (secondary N) is 2. The summed E-state index contributed by atoms with van der Waals surface area (Å²) in [6.07, 6.45) is 2.83. The Morgan fingerprint density at radius 3 is 2.81 bits per heavy atom. The van der Waals surface area contributed by atoms with Crippen molar-refractivity contribution in [1.29, 1.82) is 0 Å². The van der Waals surface area contributed by atoms with Crippen molar-refractivity contribution in [3.63, 3.8) is 0 Å². The van der Waals surface area contributed by atoms with Gasteiger partial charge in [-0.2, -0.15) is 0 Å². The second kappa shape index (κ2) is 6.71. The molecule has 0 aromatic carbocycles. The zero-order valence-electron chi connectivity index (χ0n) is 10.2. The fraction of sp³-hybridized carbons (Fsp3) is 0.583. The number of hydrogen-bond donors (Lipinski definition) is 2. The first-order valence-corrected chi connectivity index (χ1v) is 6.13. The monoisotopic (exact) mass is 241 g/mol. The van der Waals surface area contributed by atoms with E-state index in [1.807, 2.05) is 6.07 Å². The van der Waals surface area contributed by atoms with Crippen LogP contribution in [0, 0.1) is 0 Å². The standard InChI is InChI=1S/C12H20ClN3/c1-4-5-14-7-10-6-12(16-9(2)3)15-8-11(10)13/h6,8-9,14H,4-5,7H2,1-3H3,(H,15,16). The number of nitrogens with zero attached hydrogens (tertiary/aromatic N) is 1. The van der Waals surface area contributed by atoms with Crippen molar-refractivity contribution >= 4 is 17.4 Å². The summed E-state index contributed by atoms with van der Waals surface area (Å²) in [6, 6.07) is 2.38. The Morgan fingerprint density at radius 1 is 1.44 bits per heavy atom. The Hall–Kier alpha value is -0.800. The molecule has 16 heavy (non-hydrogen) atoms. The van der Waals surface area contributed by atoms with Crippen molar-refractivity contribution in [2.24, 2.45) is 0 Å². The zero-order chi connectivity index (χ0) is 12.0. The molecule has 0 fully saturated rings. The second-order valence-corrected chi connectivity index (χ2v) is 4.54. The third-order valence-corrected chi connectivity index (χ3v) is 2.45. The predicted molar refractivity (Wildman–Crippen MR) is 70.0 cm³/mol. The van der Waals surface area contributed by atoms with Gasteiger partial charge in [-0.1, -0.05) is 18.5 Å². The van der Waals surface area contributed by atoms with Gasteiger partial charge in [-0.25, -0.2) is 4.98 Å². The number of aromatic nitrogens is 1. The highest BCUT2D eigenvalue weighted by atomic mass is 35.5. The molecule has 1 rings (SSSR count). The van der Waals surface area contributed by atoms with Crippen LogP contribution >= 0.6 is 11.6 Å². The van der Waals surface area contributed by atoms with Crippen LogP contribution in [0.25, 0.3) is 0 Å². The number of rotatable bonds is 6. The van der Waals surface area contributed by atoms with Gasteiger partial charge in [0.05, 0.1) is 5.02 Å². The van der Waals surface area contributed by atoms with Crippen LogP contribution in [-0.4, -0.2) is 17.6 Å². The van der Waals surface area contributed by atoms with E-state index < -0.39 is 0 Å². The average Bonchev–Trinajstić information content (AvgIpc) is 2.22. The lowest BCUT2D eigenvalue weighted by Gasteiger charge is -2.11. The highest BCUT2D eigenvalue weighted by molar-refractivity contribution is 6.31. The smallest absolute Gasteiger partial charge is 0.126 e. The molecule has 0 radical (unpaired) electrons. The predicted octanol–water partition coefficient (Wildman–Crippen LogP) is 3.05. The summed E-state index contributed by atoms with van der Waals surface area (Å²) in [5, 5.41) is 7.32. The number of anilines is 1. The van der Waals surface area contributed by atoms with Gasteiger partial charge in [0.1, 0.15) is 5.82 Å². The maximum Gasteiger partial charge on any atom is 0.126 e. The lowest BCUT2D eigenvalue weighted by Crippen LogP contribution is -2.15.